The number of carbonyl (C=O) groups excluding carboxylic acids is 5. The average Bonchev–Trinajstić information content (AvgIpc) is 3.34. The van der Waals surface area contributed by atoms with Gasteiger partial charge in [0.2, 0.25) is 5.79 Å². The first-order chi connectivity index (χ1) is 34.2. The van der Waals surface area contributed by atoms with Crippen LogP contribution in [0.3, 0.4) is 0 Å². The second kappa shape index (κ2) is 29.8. The van der Waals surface area contributed by atoms with E-state index in [-0.39, 0.29) is 92.1 Å². The second-order valence-corrected chi connectivity index (χ2v) is 21.8. The first-order valence-electron chi connectivity index (χ1n) is 26.8. The average molecular weight is 1020 g/mol. The Hall–Kier alpha value is -3.19. The molecule has 72 heavy (non-hydrogen) atoms. The number of allylic oxidation sites excluding steroid dienone is 4. The van der Waals surface area contributed by atoms with Gasteiger partial charge in [-0.15, -0.1) is 0 Å². The smallest absolute Gasteiger partial charge is 0.329 e. The monoisotopic (exact) mass is 1020 g/mol. The number of likely N-dealkylation sites (tertiary alicyclic amines) is 1. The van der Waals surface area contributed by atoms with E-state index < -0.39 is 65.7 Å². The fourth-order valence-corrected chi connectivity index (χ4v) is 10.8. The van der Waals surface area contributed by atoms with E-state index in [1.807, 2.05) is 59.8 Å². The van der Waals surface area contributed by atoms with Crippen LogP contribution in [0, 0.1) is 41.4 Å². The molecule has 16 nitrogen and oxygen atoms in total. The minimum atomic E-state index is -2.44. The predicted octanol–water partition coefficient (Wildman–Crippen LogP) is 6.68. The normalized spacial score (nSPS) is 28.7. The van der Waals surface area contributed by atoms with Gasteiger partial charge < -0.3 is 53.4 Å². The van der Waals surface area contributed by atoms with Crippen LogP contribution in [0.5, 0.6) is 0 Å². The van der Waals surface area contributed by atoms with E-state index >= 15 is 0 Å². The highest BCUT2D eigenvalue weighted by Crippen LogP contribution is 2.38. The number of carbonyl (C=O) groups is 5. The number of amides is 1. The number of aliphatic hydroxyl groups is 3. The van der Waals surface area contributed by atoms with Crippen molar-refractivity contribution in [2.45, 2.75) is 194 Å². The van der Waals surface area contributed by atoms with Crippen molar-refractivity contribution in [1.82, 2.24) is 4.90 Å². The standard InChI is InChI=1S/C56H91NO15/c1-12-13-16-35(4)47(70-33-42-31-68-32-42)29-43-20-18-40(9)56(65,72-43)53(62)54(63)57-22-15-14-17-44(57)55(64)71-48(37(6)27-41-19-21-46(69-24-23-58)49(28-41)66-10)30-45(59)36(5)26-39(8)51(61)52(67-11)50(60)38(7)25-34(2)3/h12-13,16,26,34,36-38,40-44,46-49,51-52,58,61,65H,14-15,17-25,27-33H2,1-11H3/b13-12+,35-16+,39-26+/t36-,37-,38-,40-,41+,43?,44?,46-,47?,48+,49-,51-,52+,56-/m1/s1. The van der Waals surface area contributed by atoms with Crippen molar-refractivity contribution in [1.29, 1.82) is 0 Å². The van der Waals surface area contributed by atoms with Crippen LogP contribution >= 0.6 is 0 Å². The van der Waals surface area contributed by atoms with Gasteiger partial charge in [0.15, 0.2) is 5.78 Å². The summed E-state index contributed by atoms with van der Waals surface area (Å²) in [6, 6.07) is -1.15. The van der Waals surface area contributed by atoms with Crippen molar-refractivity contribution in [3.63, 3.8) is 0 Å². The van der Waals surface area contributed by atoms with Crippen LogP contribution in [-0.2, 0) is 57.1 Å². The highest BCUT2D eigenvalue weighted by molar-refractivity contribution is 6.39. The van der Waals surface area contributed by atoms with Gasteiger partial charge in [0.05, 0.1) is 57.5 Å². The Morgan fingerprint density at radius 1 is 0.903 bits per heavy atom. The first kappa shape index (κ1) is 61.4. The highest BCUT2D eigenvalue weighted by atomic mass is 16.6. The molecule has 1 saturated carbocycles. The molecule has 3 unspecified atom stereocenters. The Labute approximate surface area is 429 Å². The molecular formula is C56H91NO15. The molecule has 0 aromatic carbocycles. The van der Waals surface area contributed by atoms with Crippen molar-refractivity contribution in [3.8, 4) is 0 Å². The lowest BCUT2D eigenvalue weighted by molar-refractivity contribution is -0.266. The van der Waals surface area contributed by atoms with Gasteiger partial charge in [0, 0.05) is 57.3 Å². The summed E-state index contributed by atoms with van der Waals surface area (Å²) in [5, 5.41) is 32.8. The Bertz CT molecular complexity index is 1840. The van der Waals surface area contributed by atoms with E-state index in [1.54, 1.807) is 34.0 Å². The maximum Gasteiger partial charge on any atom is 0.329 e. The molecule has 0 spiro atoms. The number of hydrogen-bond donors (Lipinski definition) is 3. The second-order valence-electron chi connectivity index (χ2n) is 21.8. The van der Waals surface area contributed by atoms with Crippen molar-refractivity contribution >= 4 is 29.2 Å². The number of aliphatic hydroxyl groups excluding tert-OH is 2. The molecule has 16 heteroatoms. The molecule has 410 valence electrons. The molecule has 14 atom stereocenters. The number of esters is 1. The molecule has 4 aliphatic rings. The van der Waals surface area contributed by atoms with Crippen LogP contribution in [0.4, 0.5) is 0 Å². The third kappa shape index (κ3) is 17.2. The van der Waals surface area contributed by atoms with Crippen LogP contribution in [0.25, 0.3) is 0 Å². The first-order valence-corrected chi connectivity index (χ1v) is 26.8. The molecule has 3 heterocycles. The summed E-state index contributed by atoms with van der Waals surface area (Å²) in [6.45, 7) is 18.6. The van der Waals surface area contributed by atoms with E-state index in [4.69, 9.17) is 33.2 Å². The number of piperidine rings is 1. The number of methoxy groups -OCH3 is 2. The third-order valence-electron chi connectivity index (χ3n) is 15.5. The van der Waals surface area contributed by atoms with Crippen LogP contribution in [0.2, 0.25) is 0 Å². The summed E-state index contributed by atoms with van der Waals surface area (Å²) in [6.07, 6.45) is 8.54. The lowest BCUT2D eigenvalue weighted by Crippen LogP contribution is -2.61. The van der Waals surface area contributed by atoms with E-state index in [0.29, 0.717) is 83.2 Å². The number of ketones is 3. The fraction of sp³-hybridized carbons (Fsp3) is 0.804. The van der Waals surface area contributed by atoms with Gasteiger partial charge in [0.1, 0.15) is 30.1 Å². The van der Waals surface area contributed by atoms with E-state index in [0.717, 1.165) is 12.0 Å². The zero-order valence-electron chi connectivity index (χ0n) is 45.4. The Morgan fingerprint density at radius 2 is 1.62 bits per heavy atom. The number of Topliss-reactive ketones (excluding diaryl/α,β-unsaturated/α-hetero) is 3. The lowest BCUT2D eigenvalue weighted by Gasteiger charge is -2.43. The minimum absolute atomic E-state index is 0.0811. The van der Waals surface area contributed by atoms with Crippen molar-refractivity contribution in [2.75, 3.05) is 53.8 Å². The van der Waals surface area contributed by atoms with Gasteiger partial charge in [-0.3, -0.25) is 19.2 Å². The van der Waals surface area contributed by atoms with Crippen LogP contribution in [0.1, 0.15) is 139 Å². The summed E-state index contributed by atoms with van der Waals surface area (Å²) in [5.74, 6) is -7.29. The molecule has 1 aliphatic carbocycles. The maximum absolute atomic E-state index is 14.6. The Balaban J connectivity index is 1.55. The van der Waals surface area contributed by atoms with Crippen molar-refractivity contribution < 1.29 is 72.5 Å². The molecule has 3 N–H and O–H groups in total. The number of hydrogen-bond acceptors (Lipinski definition) is 15. The molecular weight excluding hydrogens is 927 g/mol. The zero-order chi connectivity index (χ0) is 53.3. The molecule has 3 saturated heterocycles. The van der Waals surface area contributed by atoms with Crippen LogP contribution in [-0.4, -0.2) is 158 Å². The quantitative estimate of drug-likeness (QED) is 0.0308. The molecule has 0 bridgehead atoms. The summed E-state index contributed by atoms with van der Waals surface area (Å²) in [4.78, 5) is 72.1. The van der Waals surface area contributed by atoms with Gasteiger partial charge in [-0.2, -0.15) is 0 Å². The summed E-state index contributed by atoms with van der Waals surface area (Å²) in [5.41, 5.74) is 1.35. The van der Waals surface area contributed by atoms with Crippen molar-refractivity contribution in [2.24, 2.45) is 41.4 Å². The van der Waals surface area contributed by atoms with Gasteiger partial charge in [-0.05, 0) is 114 Å². The topological polar surface area (TPSA) is 214 Å². The maximum atomic E-state index is 14.6. The van der Waals surface area contributed by atoms with Crippen molar-refractivity contribution in [3.05, 3.63) is 35.5 Å². The Kier molecular flexibility index (Phi) is 25.4. The van der Waals surface area contributed by atoms with Gasteiger partial charge in [0.25, 0.3) is 11.7 Å². The number of ether oxygens (including phenoxy) is 7. The lowest BCUT2D eigenvalue weighted by atomic mass is 9.78. The van der Waals surface area contributed by atoms with Gasteiger partial charge in [-0.1, -0.05) is 65.8 Å². The van der Waals surface area contributed by atoms with Crippen LogP contribution in [0.15, 0.2) is 35.5 Å². The molecule has 0 aromatic rings. The summed E-state index contributed by atoms with van der Waals surface area (Å²) >= 11 is 0. The molecule has 0 aromatic heterocycles. The number of rotatable bonds is 29. The molecule has 0 radical (unpaired) electrons. The largest absolute Gasteiger partial charge is 0.460 e. The Morgan fingerprint density at radius 3 is 2.25 bits per heavy atom. The van der Waals surface area contributed by atoms with E-state index in [9.17, 15) is 39.3 Å². The molecule has 3 aliphatic heterocycles. The van der Waals surface area contributed by atoms with E-state index in [1.165, 1.54) is 12.0 Å². The fourth-order valence-electron chi connectivity index (χ4n) is 10.8. The van der Waals surface area contributed by atoms with Gasteiger partial charge in [-0.25, -0.2) is 4.79 Å². The molecule has 1 amide bonds. The summed E-state index contributed by atoms with van der Waals surface area (Å²) in [7, 11) is 3.01. The SMILES string of the molecule is C/C=C/C=C(\C)C(CC1CC[C@@H](C)[C@](O)(C(=O)C(=O)N2CCCCC2C(=O)O[C@@H](CC(=O)[C@H](C)/C=C(\C)[C@@H](O)[C@@H](OC)C(=O)[C@H](C)CC(C)C)[C@H](C)C[C@@H]2CC[C@@H](OCCO)[C@H](OC)C2)O1)OCC1COC1. The van der Waals surface area contributed by atoms with Crippen LogP contribution < -0.4 is 0 Å². The third-order valence-corrected chi connectivity index (χ3v) is 15.5. The summed E-state index contributed by atoms with van der Waals surface area (Å²) < 4.78 is 41.4. The minimum Gasteiger partial charge on any atom is -0.460 e. The molecule has 4 fully saturated rings. The zero-order valence-corrected chi connectivity index (χ0v) is 45.4. The highest BCUT2D eigenvalue weighted by Gasteiger charge is 2.53. The number of nitrogens with zero attached hydrogens (tertiary/aromatic N) is 1. The molecule has 4 rings (SSSR count). The predicted molar refractivity (Wildman–Crippen MR) is 271 cm³/mol. The van der Waals surface area contributed by atoms with Gasteiger partial charge >= 0.3 is 5.97 Å². The van der Waals surface area contributed by atoms with E-state index in [2.05, 4.69) is 0 Å².